The molecule has 108 valence electrons. The van der Waals surface area contributed by atoms with Gasteiger partial charge in [-0.1, -0.05) is 0 Å². The Morgan fingerprint density at radius 2 is 2.05 bits per heavy atom. The van der Waals surface area contributed by atoms with Gasteiger partial charge in [-0.25, -0.2) is 4.98 Å². The van der Waals surface area contributed by atoms with Crippen LogP contribution < -0.4 is 10.1 Å². The molecule has 1 heterocycles. The molecule has 1 aromatic carbocycles. The highest BCUT2D eigenvalue weighted by Gasteiger charge is 2.31. The molecule has 2 rings (SSSR count). The fraction of sp³-hybridized carbons (Fsp3) is 0.0769. The molecule has 1 aromatic heterocycles. The van der Waals surface area contributed by atoms with E-state index in [0.29, 0.717) is 17.1 Å². The Labute approximate surface area is 126 Å². The molecule has 0 bridgehead atoms. The van der Waals surface area contributed by atoms with Crippen molar-refractivity contribution in [3.8, 4) is 11.8 Å². The van der Waals surface area contributed by atoms with E-state index in [1.54, 1.807) is 12.1 Å². The van der Waals surface area contributed by atoms with Crippen LogP contribution in [0.1, 0.15) is 5.56 Å². The van der Waals surface area contributed by atoms with Gasteiger partial charge in [0.25, 0.3) is 0 Å². The second-order valence-electron chi connectivity index (χ2n) is 3.83. The number of nitrogens with zero attached hydrogens (tertiary/aromatic N) is 2. The lowest BCUT2D eigenvalue weighted by Gasteiger charge is -2.12. The standard InChI is InChI=1S/C13H7BrF3N3O/c14-10-6-9(3-4-11(10)21-13(15,16)17)20-12-8(7-18)2-1-5-19-12/h1-6H,(H,19,20). The molecular formula is C13H7BrF3N3O. The van der Waals surface area contributed by atoms with E-state index >= 15 is 0 Å². The van der Waals surface area contributed by atoms with Gasteiger partial charge >= 0.3 is 6.36 Å². The molecule has 0 atom stereocenters. The number of rotatable bonds is 3. The molecule has 4 nitrogen and oxygen atoms in total. The van der Waals surface area contributed by atoms with Gasteiger partial charge in [-0.15, -0.1) is 13.2 Å². The Morgan fingerprint density at radius 1 is 1.29 bits per heavy atom. The number of anilines is 2. The summed E-state index contributed by atoms with van der Waals surface area (Å²) in [5.41, 5.74) is 0.788. The summed E-state index contributed by atoms with van der Waals surface area (Å²) in [6.07, 6.45) is -3.26. The minimum atomic E-state index is -4.76. The summed E-state index contributed by atoms with van der Waals surface area (Å²) in [6, 6.07) is 9.10. The molecule has 0 radical (unpaired) electrons. The van der Waals surface area contributed by atoms with E-state index < -0.39 is 6.36 Å². The first-order valence-electron chi connectivity index (χ1n) is 5.56. The molecule has 0 spiro atoms. The van der Waals surface area contributed by atoms with Gasteiger partial charge in [0.15, 0.2) is 0 Å². The summed E-state index contributed by atoms with van der Waals surface area (Å²) in [7, 11) is 0. The zero-order chi connectivity index (χ0) is 15.5. The Bertz CT molecular complexity index is 698. The lowest BCUT2D eigenvalue weighted by molar-refractivity contribution is -0.274. The summed E-state index contributed by atoms with van der Waals surface area (Å²) < 4.78 is 40.5. The van der Waals surface area contributed by atoms with Gasteiger partial charge in [0.1, 0.15) is 17.6 Å². The van der Waals surface area contributed by atoms with Gasteiger partial charge in [-0.05, 0) is 46.3 Å². The molecule has 0 aliphatic carbocycles. The molecule has 0 unspecified atom stereocenters. The van der Waals surface area contributed by atoms with E-state index in [0.717, 1.165) is 6.07 Å². The van der Waals surface area contributed by atoms with Gasteiger partial charge in [0.2, 0.25) is 0 Å². The molecule has 0 aliphatic rings. The maximum atomic E-state index is 12.2. The Kier molecular flexibility index (Phi) is 4.33. The smallest absolute Gasteiger partial charge is 0.405 e. The lowest BCUT2D eigenvalue weighted by atomic mass is 10.2. The third kappa shape index (κ3) is 4.10. The third-order valence-electron chi connectivity index (χ3n) is 2.35. The number of hydrogen-bond acceptors (Lipinski definition) is 4. The van der Waals surface area contributed by atoms with Gasteiger partial charge in [-0.2, -0.15) is 5.26 Å². The minimum absolute atomic E-state index is 0.124. The minimum Gasteiger partial charge on any atom is -0.405 e. The van der Waals surface area contributed by atoms with Crippen LogP contribution >= 0.6 is 15.9 Å². The average Bonchev–Trinajstić information content (AvgIpc) is 2.41. The van der Waals surface area contributed by atoms with Gasteiger partial charge < -0.3 is 10.1 Å². The Morgan fingerprint density at radius 3 is 2.67 bits per heavy atom. The van der Waals surface area contributed by atoms with Crippen molar-refractivity contribution in [1.82, 2.24) is 4.98 Å². The predicted octanol–water partition coefficient (Wildman–Crippen LogP) is 4.36. The summed E-state index contributed by atoms with van der Waals surface area (Å²) >= 11 is 3.00. The largest absolute Gasteiger partial charge is 0.573 e. The van der Waals surface area contributed by atoms with Crippen molar-refractivity contribution in [2.24, 2.45) is 0 Å². The van der Waals surface area contributed by atoms with Crippen LogP contribution in [-0.4, -0.2) is 11.3 Å². The Hall–Kier alpha value is -2.27. The second kappa shape index (κ2) is 6.01. The van der Waals surface area contributed by atoms with E-state index in [1.807, 2.05) is 6.07 Å². The van der Waals surface area contributed by atoms with Crippen molar-refractivity contribution in [1.29, 1.82) is 5.26 Å². The highest BCUT2D eigenvalue weighted by Crippen LogP contribution is 2.33. The number of nitrogens with one attached hydrogen (secondary N) is 1. The van der Waals surface area contributed by atoms with Crippen molar-refractivity contribution in [3.63, 3.8) is 0 Å². The zero-order valence-electron chi connectivity index (χ0n) is 10.3. The first-order valence-corrected chi connectivity index (χ1v) is 6.36. The number of benzene rings is 1. The number of pyridine rings is 1. The number of aromatic nitrogens is 1. The quantitative estimate of drug-likeness (QED) is 0.886. The first kappa shape index (κ1) is 15.1. The molecule has 2 aromatic rings. The van der Waals surface area contributed by atoms with Crippen molar-refractivity contribution in [2.75, 3.05) is 5.32 Å². The van der Waals surface area contributed by atoms with Gasteiger partial charge in [-0.3, -0.25) is 0 Å². The zero-order valence-corrected chi connectivity index (χ0v) is 11.9. The summed E-state index contributed by atoms with van der Waals surface area (Å²) in [5, 5.41) is 11.8. The highest BCUT2D eigenvalue weighted by molar-refractivity contribution is 9.10. The van der Waals surface area contributed by atoms with Crippen molar-refractivity contribution in [3.05, 3.63) is 46.6 Å². The molecular weight excluding hydrogens is 351 g/mol. The van der Waals surface area contributed by atoms with Crippen LogP contribution in [-0.2, 0) is 0 Å². The first-order chi connectivity index (χ1) is 9.89. The molecule has 0 aliphatic heterocycles. The summed E-state index contributed by atoms with van der Waals surface area (Å²) in [6.45, 7) is 0. The summed E-state index contributed by atoms with van der Waals surface area (Å²) in [5.74, 6) is -0.0361. The summed E-state index contributed by atoms with van der Waals surface area (Å²) in [4.78, 5) is 4.00. The molecule has 0 saturated carbocycles. The predicted molar refractivity (Wildman–Crippen MR) is 73.1 cm³/mol. The number of hydrogen-bond donors (Lipinski definition) is 1. The van der Waals surface area contributed by atoms with Gasteiger partial charge in [0.05, 0.1) is 10.0 Å². The molecule has 0 fully saturated rings. The van der Waals surface area contributed by atoms with E-state index in [4.69, 9.17) is 5.26 Å². The monoisotopic (exact) mass is 357 g/mol. The van der Waals surface area contributed by atoms with Crippen LogP contribution in [0.5, 0.6) is 5.75 Å². The van der Waals surface area contributed by atoms with E-state index in [9.17, 15) is 13.2 Å². The average molecular weight is 358 g/mol. The molecule has 21 heavy (non-hydrogen) atoms. The maximum absolute atomic E-state index is 12.2. The van der Waals surface area contributed by atoms with Crippen LogP contribution in [0.4, 0.5) is 24.7 Å². The molecule has 8 heteroatoms. The topological polar surface area (TPSA) is 57.9 Å². The fourth-order valence-electron chi connectivity index (χ4n) is 1.52. The normalized spacial score (nSPS) is 10.8. The number of nitriles is 1. The van der Waals surface area contributed by atoms with Crippen LogP contribution in [0.15, 0.2) is 41.0 Å². The lowest BCUT2D eigenvalue weighted by Crippen LogP contribution is -2.17. The number of alkyl halides is 3. The second-order valence-corrected chi connectivity index (χ2v) is 4.68. The van der Waals surface area contributed by atoms with Crippen molar-refractivity contribution in [2.45, 2.75) is 6.36 Å². The van der Waals surface area contributed by atoms with Crippen LogP contribution in [0.25, 0.3) is 0 Å². The van der Waals surface area contributed by atoms with Crippen LogP contribution in [0, 0.1) is 11.3 Å². The molecule has 0 saturated heterocycles. The van der Waals surface area contributed by atoms with Gasteiger partial charge in [0, 0.05) is 11.9 Å². The van der Waals surface area contributed by atoms with Crippen molar-refractivity contribution < 1.29 is 17.9 Å². The highest BCUT2D eigenvalue weighted by atomic mass is 79.9. The fourth-order valence-corrected chi connectivity index (χ4v) is 1.98. The van der Waals surface area contributed by atoms with E-state index in [-0.39, 0.29) is 10.2 Å². The van der Waals surface area contributed by atoms with E-state index in [2.05, 4.69) is 31.0 Å². The SMILES string of the molecule is N#Cc1cccnc1Nc1ccc(OC(F)(F)F)c(Br)c1. The third-order valence-corrected chi connectivity index (χ3v) is 2.97. The number of ether oxygens (including phenoxy) is 1. The molecule has 0 amide bonds. The van der Waals surface area contributed by atoms with Crippen LogP contribution in [0.2, 0.25) is 0 Å². The Balaban J connectivity index is 2.23. The maximum Gasteiger partial charge on any atom is 0.573 e. The van der Waals surface area contributed by atoms with Crippen molar-refractivity contribution >= 4 is 27.4 Å². The molecule has 1 N–H and O–H groups in total. The van der Waals surface area contributed by atoms with Crippen LogP contribution in [0.3, 0.4) is 0 Å². The van der Waals surface area contributed by atoms with E-state index in [1.165, 1.54) is 18.3 Å². The number of halogens is 4.